The third kappa shape index (κ3) is 5.99. The number of benzene rings is 1. The first-order valence-corrected chi connectivity index (χ1v) is 10.3. The molecule has 1 N–H and O–H groups in total. The van der Waals surface area contributed by atoms with Gasteiger partial charge in [-0.25, -0.2) is 4.98 Å². The molecule has 0 fully saturated rings. The Morgan fingerprint density at radius 3 is 2.39 bits per heavy atom. The van der Waals surface area contributed by atoms with Crippen molar-refractivity contribution >= 4 is 34.8 Å². The number of aromatic nitrogens is 2. The molecule has 0 aliphatic carbocycles. The van der Waals surface area contributed by atoms with Crippen molar-refractivity contribution in [2.75, 3.05) is 25.6 Å². The lowest BCUT2D eigenvalue weighted by molar-refractivity contribution is 0.102. The molecule has 0 spiro atoms. The predicted octanol–water partition coefficient (Wildman–Crippen LogP) is 5.06. The monoisotopic (exact) mass is 461 g/mol. The van der Waals surface area contributed by atoms with E-state index in [-0.39, 0.29) is 21.4 Å². The third-order valence-corrected chi connectivity index (χ3v) is 4.83. The predicted molar refractivity (Wildman–Crippen MR) is 120 cm³/mol. The molecule has 31 heavy (non-hydrogen) atoms. The Hall–Kier alpha value is -3.03. The normalized spacial score (nSPS) is 10.5. The lowest BCUT2D eigenvalue weighted by atomic mass is 10.1. The summed E-state index contributed by atoms with van der Waals surface area (Å²) in [7, 11) is 1.51. The smallest absolute Gasteiger partial charge is 0.274 e. The molecule has 3 rings (SSSR count). The molecule has 1 amide bonds. The molecule has 0 aliphatic heterocycles. The molecular weight excluding hydrogens is 441 g/mol. The van der Waals surface area contributed by atoms with Gasteiger partial charge in [-0.2, -0.15) is 0 Å². The van der Waals surface area contributed by atoms with E-state index in [0.717, 1.165) is 11.3 Å². The summed E-state index contributed by atoms with van der Waals surface area (Å²) in [6, 6.07) is 9.32. The van der Waals surface area contributed by atoms with Crippen LogP contribution in [-0.2, 0) is 6.42 Å². The van der Waals surface area contributed by atoms with E-state index in [1.165, 1.54) is 31.8 Å². The highest BCUT2D eigenvalue weighted by Crippen LogP contribution is 2.30. The molecule has 0 saturated carbocycles. The number of rotatable bonds is 9. The summed E-state index contributed by atoms with van der Waals surface area (Å²) < 4.78 is 16.6. The molecule has 1 aromatic carbocycles. The molecule has 9 heteroatoms. The van der Waals surface area contributed by atoms with Gasteiger partial charge in [0.2, 0.25) is 0 Å². The summed E-state index contributed by atoms with van der Waals surface area (Å²) in [4.78, 5) is 20.6. The van der Waals surface area contributed by atoms with Crippen LogP contribution in [-0.4, -0.2) is 36.2 Å². The first kappa shape index (κ1) is 22.7. The zero-order valence-electron chi connectivity index (χ0n) is 17.0. The topological polar surface area (TPSA) is 82.6 Å². The lowest BCUT2D eigenvalue weighted by Crippen LogP contribution is -2.15. The molecule has 2 aromatic heterocycles. The molecule has 0 bridgehead atoms. The average molecular weight is 462 g/mol. The Morgan fingerprint density at radius 1 is 1.03 bits per heavy atom. The second-order valence-electron chi connectivity index (χ2n) is 6.33. The molecule has 0 atom stereocenters. The van der Waals surface area contributed by atoms with Crippen LogP contribution in [0, 0.1) is 0 Å². The van der Waals surface area contributed by atoms with E-state index in [1.807, 2.05) is 31.2 Å². The molecule has 7 nitrogen and oxygen atoms in total. The fourth-order valence-electron chi connectivity index (χ4n) is 2.72. The van der Waals surface area contributed by atoms with Crippen molar-refractivity contribution in [3.05, 3.63) is 70.2 Å². The zero-order valence-corrected chi connectivity index (χ0v) is 18.5. The largest absolute Gasteiger partial charge is 0.494 e. The van der Waals surface area contributed by atoms with Gasteiger partial charge >= 0.3 is 0 Å². The Labute approximate surface area is 190 Å². The molecule has 0 saturated heterocycles. The maximum absolute atomic E-state index is 12.6. The van der Waals surface area contributed by atoms with E-state index in [2.05, 4.69) is 15.3 Å². The van der Waals surface area contributed by atoms with E-state index in [9.17, 15) is 4.79 Å². The van der Waals surface area contributed by atoms with Crippen LogP contribution < -0.4 is 19.5 Å². The van der Waals surface area contributed by atoms with Crippen molar-refractivity contribution in [1.82, 2.24) is 9.97 Å². The van der Waals surface area contributed by atoms with Crippen molar-refractivity contribution in [2.24, 2.45) is 0 Å². The molecule has 0 aliphatic rings. The SMILES string of the molecule is CCOc1ccc(CCOc2cc(C(=O)Nc3c(Cl)cncc3Cl)ncc2OC)cc1. The highest BCUT2D eigenvalue weighted by Gasteiger charge is 2.16. The van der Waals surface area contributed by atoms with Crippen molar-refractivity contribution < 1.29 is 19.0 Å². The Morgan fingerprint density at radius 2 is 1.74 bits per heavy atom. The van der Waals surface area contributed by atoms with Gasteiger partial charge in [-0.05, 0) is 24.6 Å². The van der Waals surface area contributed by atoms with Gasteiger partial charge in [0.25, 0.3) is 5.91 Å². The van der Waals surface area contributed by atoms with Gasteiger partial charge < -0.3 is 19.5 Å². The van der Waals surface area contributed by atoms with Crippen LogP contribution in [0.15, 0.2) is 48.9 Å². The van der Waals surface area contributed by atoms with Gasteiger partial charge in [-0.15, -0.1) is 0 Å². The number of anilines is 1. The van der Waals surface area contributed by atoms with Crippen LogP contribution in [0.2, 0.25) is 10.0 Å². The summed E-state index contributed by atoms with van der Waals surface area (Å²) in [6.07, 6.45) is 4.87. The lowest BCUT2D eigenvalue weighted by Gasteiger charge is -2.13. The Balaban J connectivity index is 1.67. The standard InChI is InChI=1S/C22H21Cl2N3O4/c1-3-30-15-6-4-14(5-7-15)8-9-31-19-10-18(26-13-20(19)29-2)22(28)27-21-16(23)11-25-12-17(21)24/h4-7,10-13H,3,8-9H2,1-2H3,(H,25,27,28). The number of halogens is 2. The third-order valence-electron chi connectivity index (χ3n) is 4.26. The van der Waals surface area contributed by atoms with Crippen LogP contribution in [0.25, 0.3) is 0 Å². The van der Waals surface area contributed by atoms with E-state index in [1.54, 1.807) is 0 Å². The quantitative estimate of drug-likeness (QED) is 0.479. The van der Waals surface area contributed by atoms with Crippen molar-refractivity contribution in [1.29, 1.82) is 0 Å². The van der Waals surface area contributed by atoms with E-state index in [0.29, 0.717) is 31.1 Å². The highest BCUT2D eigenvalue weighted by atomic mass is 35.5. The number of methoxy groups -OCH3 is 1. The van der Waals surface area contributed by atoms with Crippen molar-refractivity contribution in [3.8, 4) is 17.2 Å². The summed E-state index contributed by atoms with van der Waals surface area (Å²) in [6.45, 7) is 2.95. The molecule has 0 unspecified atom stereocenters. The second-order valence-corrected chi connectivity index (χ2v) is 7.14. The number of carbonyl (C=O) groups is 1. The van der Waals surface area contributed by atoms with Crippen LogP contribution in [0.4, 0.5) is 5.69 Å². The van der Waals surface area contributed by atoms with Gasteiger partial charge in [0.15, 0.2) is 11.5 Å². The van der Waals surface area contributed by atoms with Gasteiger partial charge in [0.05, 0.1) is 42.3 Å². The average Bonchev–Trinajstić information content (AvgIpc) is 2.77. The number of nitrogens with one attached hydrogen (secondary N) is 1. The van der Waals surface area contributed by atoms with E-state index < -0.39 is 5.91 Å². The fraction of sp³-hybridized carbons (Fsp3) is 0.227. The number of carbonyl (C=O) groups excluding carboxylic acids is 1. The minimum Gasteiger partial charge on any atom is -0.494 e. The van der Waals surface area contributed by atoms with Crippen molar-refractivity contribution in [3.63, 3.8) is 0 Å². The number of pyridine rings is 2. The van der Waals surface area contributed by atoms with Crippen LogP contribution in [0.5, 0.6) is 17.2 Å². The number of hydrogen-bond donors (Lipinski definition) is 1. The highest BCUT2D eigenvalue weighted by molar-refractivity contribution is 6.39. The number of hydrogen-bond acceptors (Lipinski definition) is 6. The number of ether oxygens (including phenoxy) is 3. The van der Waals surface area contributed by atoms with Gasteiger partial charge in [-0.1, -0.05) is 35.3 Å². The minimum atomic E-state index is -0.492. The number of amides is 1. The van der Waals surface area contributed by atoms with Gasteiger partial charge in [0.1, 0.15) is 11.4 Å². The molecule has 0 radical (unpaired) electrons. The minimum absolute atomic E-state index is 0.126. The molecule has 162 valence electrons. The van der Waals surface area contributed by atoms with E-state index in [4.69, 9.17) is 37.4 Å². The maximum atomic E-state index is 12.6. The fourth-order valence-corrected chi connectivity index (χ4v) is 3.18. The zero-order chi connectivity index (χ0) is 22.2. The summed E-state index contributed by atoms with van der Waals surface area (Å²) in [5.74, 6) is 1.16. The maximum Gasteiger partial charge on any atom is 0.274 e. The molecular formula is C22H21Cl2N3O4. The Bertz CT molecular complexity index is 1030. The first-order chi connectivity index (χ1) is 15.0. The molecule has 2 heterocycles. The number of nitrogens with zero attached hydrogens (tertiary/aromatic N) is 2. The van der Waals surface area contributed by atoms with E-state index >= 15 is 0 Å². The summed E-state index contributed by atoms with van der Waals surface area (Å²) in [5.41, 5.74) is 1.48. The summed E-state index contributed by atoms with van der Waals surface area (Å²) >= 11 is 12.1. The van der Waals surface area contributed by atoms with Crippen LogP contribution >= 0.6 is 23.2 Å². The van der Waals surface area contributed by atoms with Gasteiger partial charge in [0, 0.05) is 24.9 Å². The Kier molecular flexibility index (Phi) is 7.92. The van der Waals surface area contributed by atoms with Crippen LogP contribution in [0.1, 0.15) is 23.0 Å². The summed E-state index contributed by atoms with van der Waals surface area (Å²) in [5, 5.41) is 3.09. The first-order valence-electron chi connectivity index (χ1n) is 9.50. The van der Waals surface area contributed by atoms with Crippen LogP contribution in [0.3, 0.4) is 0 Å². The second kappa shape index (κ2) is 10.8. The van der Waals surface area contributed by atoms with Crippen molar-refractivity contribution in [2.45, 2.75) is 13.3 Å². The molecule has 3 aromatic rings. The van der Waals surface area contributed by atoms with Gasteiger partial charge in [-0.3, -0.25) is 9.78 Å².